The number of nitrogens with two attached hydrogens (primary N) is 1. The molecule has 1 unspecified atom stereocenters. The Morgan fingerprint density at radius 2 is 1.90 bits per heavy atom. The van der Waals surface area contributed by atoms with Gasteiger partial charge in [-0.3, -0.25) is 0 Å². The van der Waals surface area contributed by atoms with E-state index in [2.05, 4.69) is 18.2 Å². The fraction of sp³-hybridized carbons (Fsp3) is 0.562. The van der Waals surface area contributed by atoms with Crippen LogP contribution in [-0.4, -0.2) is 25.9 Å². The molecule has 0 spiro atoms. The molecular formula is C16H24N2O2. The Labute approximate surface area is 121 Å². The van der Waals surface area contributed by atoms with Crippen LogP contribution in [0.25, 0.3) is 0 Å². The molecule has 0 fully saturated rings. The lowest BCUT2D eigenvalue weighted by atomic mass is 9.98. The van der Waals surface area contributed by atoms with Crippen LogP contribution in [0.5, 0.6) is 5.75 Å². The van der Waals surface area contributed by atoms with E-state index >= 15 is 0 Å². The second-order valence-corrected chi connectivity index (χ2v) is 5.22. The van der Waals surface area contributed by atoms with Gasteiger partial charge in [-0.15, -0.1) is 0 Å². The van der Waals surface area contributed by atoms with Crippen molar-refractivity contribution in [3.05, 3.63) is 29.8 Å². The molecule has 0 radical (unpaired) electrons. The maximum atomic E-state index is 8.80. The van der Waals surface area contributed by atoms with Gasteiger partial charge in [-0.1, -0.05) is 12.1 Å². The molecule has 0 aliphatic carbocycles. The van der Waals surface area contributed by atoms with Crippen molar-refractivity contribution in [3.8, 4) is 11.8 Å². The number of unbranched alkanes of at least 4 members (excludes halogenated alkanes) is 1. The molecular weight excluding hydrogens is 252 g/mol. The van der Waals surface area contributed by atoms with Crippen molar-refractivity contribution in [3.63, 3.8) is 0 Å². The molecule has 0 saturated heterocycles. The molecule has 0 aromatic heterocycles. The van der Waals surface area contributed by atoms with E-state index in [0.29, 0.717) is 13.0 Å². The van der Waals surface area contributed by atoms with Gasteiger partial charge in [0.15, 0.2) is 0 Å². The molecule has 0 amide bonds. The molecule has 1 aromatic rings. The molecule has 4 heteroatoms. The lowest BCUT2D eigenvalue weighted by molar-refractivity contribution is 0.202. The number of rotatable bonds is 9. The highest BCUT2D eigenvalue weighted by molar-refractivity contribution is 5.27. The Kier molecular flexibility index (Phi) is 7.06. The fourth-order valence-corrected chi connectivity index (χ4v) is 1.81. The summed E-state index contributed by atoms with van der Waals surface area (Å²) in [6.07, 6.45) is 3.41. The first-order valence-electron chi connectivity index (χ1n) is 6.98. The molecule has 110 valence electrons. The number of hydrogen-bond acceptors (Lipinski definition) is 4. The van der Waals surface area contributed by atoms with Crippen molar-refractivity contribution in [1.82, 2.24) is 0 Å². The third-order valence-corrected chi connectivity index (χ3v) is 3.13. The summed E-state index contributed by atoms with van der Waals surface area (Å²) < 4.78 is 10.7. The van der Waals surface area contributed by atoms with Crippen LogP contribution >= 0.6 is 0 Å². The minimum absolute atomic E-state index is 0.652. The normalized spacial score (nSPS) is 13.5. The van der Waals surface area contributed by atoms with Crippen molar-refractivity contribution in [1.29, 1.82) is 5.26 Å². The van der Waals surface area contributed by atoms with Crippen molar-refractivity contribution in [2.75, 3.05) is 20.3 Å². The Hall–Kier alpha value is -1.57. The summed E-state index contributed by atoms with van der Waals surface area (Å²) in [6, 6.07) is 10.2. The Bertz CT molecular complexity index is 421. The summed E-state index contributed by atoms with van der Waals surface area (Å²) in [6.45, 7) is 3.14. The third-order valence-electron chi connectivity index (χ3n) is 3.13. The lowest BCUT2D eigenvalue weighted by Gasteiger charge is -2.14. The maximum absolute atomic E-state index is 8.80. The van der Waals surface area contributed by atoms with E-state index in [-0.39, 0.29) is 0 Å². The summed E-state index contributed by atoms with van der Waals surface area (Å²) >= 11 is 0. The highest BCUT2D eigenvalue weighted by Gasteiger charge is 2.15. The number of nitrogens with zero attached hydrogens (tertiary/aromatic N) is 1. The number of methoxy groups -OCH3 is 1. The predicted molar refractivity (Wildman–Crippen MR) is 79.6 cm³/mol. The van der Waals surface area contributed by atoms with Crippen molar-refractivity contribution >= 4 is 0 Å². The van der Waals surface area contributed by atoms with Gasteiger partial charge in [0.05, 0.1) is 19.3 Å². The highest BCUT2D eigenvalue weighted by Crippen LogP contribution is 2.14. The largest absolute Gasteiger partial charge is 0.494 e. The van der Waals surface area contributed by atoms with Crippen LogP contribution in [0.3, 0.4) is 0 Å². The third kappa shape index (κ3) is 6.55. The fourth-order valence-electron chi connectivity index (χ4n) is 1.81. The second-order valence-electron chi connectivity index (χ2n) is 5.22. The zero-order chi connectivity index (χ0) is 14.8. The molecule has 2 N–H and O–H groups in total. The highest BCUT2D eigenvalue weighted by atomic mass is 16.5. The van der Waals surface area contributed by atoms with E-state index in [1.54, 1.807) is 14.0 Å². The van der Waals surface area contributed by atoms with Crippen LogP contribution in [0.4, 0.5) is 0 Å². The van der Waals surface area contributed by atoms with E-state index in [9.17, 15) is 0 Å². The average Bonchev–Trinajstić information content (AvgIpc) is 2.46. The van der Waals surface area contributed by atoms with Crippen molar-refractivity contribution in [2.24, 2.45) is 5.73 Å². The smallest absolute Gasteiger partial charge is 0.119 e. The van der Waals surface area contributed by atoms with E-state index in [0.717, 1.165) is 31.6 Å². The van der Waals surface area contributed by atoms with E-state index < -0.39 is 5.54 Å². The average molecular weight is 276 g/mol. The maximum Gasteiger partial charge on any atom is 0.119 e. The molecule has 0 bridgehead atoms. The van der Waals surface area contributed by atoms with Gasteiger partial charge in [0.25, 0.3) is 0 Å². The minimum Gasteiger partial charge on any atom is -0.494 e. The van der Waals surface area contributed by atoms with E-state index in [1.807, 2.05) is 12.1 Å². The summed E-state index contributed by atoms with van der Waals surface area (Å²) in [7, 11) is 1.70. The van der Waals surface area contributed by atoms with Crippen molar-refractivity contribution < 1.29 is 9.47 Å². The standard InChI is InChI=1S/C16H24N2O2/c1-16(18,13-17)10-3-4-11-20-15-7-5-14(6-8-15)9-12-19-2/h5-8H,3-4,9-12,18H2,1-2H3. The number of hydrogen-bond donors (Lipinski definition) is 1. The van der Waals surface area contributed by atoms with Gasteiger partial charge in [-0.2, -0.15) is 5.26 Å². The second kappa shape index (κ2) is 8.57. The van der Waals surface area contributed by atoms with Crippen LogP contribution in [0.15, 0.2) is 24.3 Å². The van der Waals surface area contributed by atoms with Gasteiger partial charge in [0, 0.05) is 7.11 Å². The summed E-state index contributed by atoms with van der Waals surface area (Å²) in [5.41, 5.74) is 6.28. The monoisotopic (exact) mass is 276 g/mol. The zero-order valence-corrected chi connectivity index (χ0v) is 12.4. The number of ether oxygens (including phenoxy) is 2. The first-order valence-corrected chi connectivity index (χ1v) is 6.98. The summed E-state index contributed by atoms with van der Waals surface area (Å²) in [4.78, 5) is 0. The van der Waals surface area contributed by atoms with Crippen LogP contribution in [0.2, 0.25) is 0 Å². The van der Waals surface area contributed by atoms with Gasteiger partial charge in [-0.25, -0.2) is 0 Å². The first-order chi connectivity index (χ1) is 9.57. The molecule has 0 aliphatic rings. The topological polar surface area (TPSA) is 68.3 Å². The molecule has 4 nitrogen and oxygen atoms in total. The minimum atomic E-state index is -0.719. The number of benzene rings is 1. The Morgan fingerprint density at radius 3 is 2.50 bits per heavy atom. The van der Waals surface area contributed by atoms with Crippen LogP contribution in [0.1, 0.15) is 31.7 Å². The van der Waals surface area contributed by atoms with Crippen molar-refractivity contribution in [2.45, 2.75) is 38.1 Å². The van der Waals surface area contributed by atoms with E-state index in [1.165, 1.54) is 5.56 Å². The molecule has 1 aromatic carbocycles. The van der Waals surface area contributed by atoms with Gasteiger partial charge < -0.3 is 15.2 Å². The molecule has 1 rings (SSSR count). The quantitative estimate of drug-likeness (QED) is 0.704. The van der Waals surface area contributed by atoms with Gasteiger partial charge in [-0.05, 0) is 50.3 Å². The molecule has 1 atom stereocenters. The van der Waals surface area contributed by atoms with Gasteiger partial charge in [0.1, 0.15) is 11.3 Å². The summed E-state index contributed by atoms with van der Waals surface area (Å²) in [5, 5.41) is 8.80. The van der Waals surface area contributed by atoms with Crippen LogP contribution in [0, 0.1) is 11.3 Å². The number of nitriles is 1. The van der Waals surface area contributed by atoms with Crippen LogP contribution in [-0.2, 0) is 11.2 Å². The van der Waals surface area contributed by atoms with E-state index in [4.69, 9.17) is 20.5 Å². The van der Waals surface area contributed by atoms with Crippen LogP contribution < -0.4 is 10.5 Å². The zero-order valence-electron chi connectivity index (χ0n) is 12.4. The summed E-state index contributed by atoms with van der Waals surface area (Å²) in [5.74, 6) is 0.877. The molecule has 0 saturated carbocycles. The van der Waals surface area contributed by atoms with Gasteiger partial charge >= 0.3 is 0 Å². The SMILES string of the molecule is COCCc1ccc(OCCCCC(C)(N)C#N)cc1. The Morgan fingerprint density at radius 1 is 1.20 bits per heavy atom. The lowest BCUT2D eigenvalue weighted by Crippen LogP contribution is -2.33. The molecule has 20 heavy (non-hydrogen) atoms. The molecule has 0 heterocycles. The first kappa shape index (κ1) is 16.5. The van der Waals surface area contributed by atoms with Gasteiger partial charge in [0.2, 0.25) is 0 Å². The molecule has 0 aliphatic heterocycles. The predicted octanol–water partition coefficient (Wildman–Crippen LogP) is 2.67. The Balaban J connectivity index is 2.21.